The van der Waals surface area contributed by atoms with Gasteiger partial charge in [0.15, 0.2) is 24.6 Å². The molecule has 5 unspecified atom stereocenters. The average Bonchev–Trinajstić information content (AvgIpc) is 3.13. The van der Waals surface area contributed by atoms with Gasteiger partial charge in [-0.1, -0.05) is 64.0 Å². The molecule has 1 heterocycles. The lowest BCUT2D eigenvalue weighted by Gasteiger charge is -2.44. The Bertz CT molecular complexity index is 1270. The first-order valence-electron chi connectivity index (χ1n) is 21.4. The lowest BCUT2D eigenvalue weighted by atomic mass is 9.98. The molecule has 16 nitrogen and oxygen atoms in total. The van der Waals surface area contributed by atoms with E-state index in [1.54, 1.807) is 0 Å². The summed E-state index contributed by atoms with van der Waals surface area (Å²) in [5, 5.41) is 2.80. The van der Waals surface area contributed by atoms with Crippen LogP contribution in [0, 0.1) is 0 Å². The molecule has 0 aliphatic carbocycles. The van der Waals surface area contributed by atoms with Crippen LogP contribution in [0.1, 0.15) is 145 Å². The first-order valence-corrected chi connectivity index (χ1v) is 21.4. The van der Waals surface area contributed by atoms with Crippen LogP contribution in [0.3, 0.4) is 0 Å². The van der Waals surface area contributed by atoms with Crippen molar-refractivity contribution in [3.05, 3.63) is 12.2 Å². The van der Waals surface area contributed by atoms with Gasteiger partial charge < -0.3 is 48.1 Å². The van der Waals surface area contributed by atoms with E-state index in [4.69, 9.17) is 37.9 Å². The number of unbranched alkanes of at least 4 members (excludes halogenated alkanes) is 9. The molecule has 0 spiro atoms. The van der Waals surface area contributed by atoms with Crippen molar-refractivity contribution in [2.75, 3.05) is 46.0 Å². The van der Waals surface area contributed by atoms with E-state index in [1.807, 2.05) is 26.8 Å². The van der Waals surface area contributed by atoms with Crippen LogP contribution in [0.25, 0.3) is 0 Å². The highest BCUT2D eigenvalue weighted by Gasteiger charge is 2.52. The number of amides is 1. The molecule has 1 aliphatic heterocycles. The number of allylic oxidation sites excluding steroid dienone is 1. The third kappa shape index (κ3) is 27.6. The van der Waals surface area contributed by atoms with Crippen molar-refractivity contribution in [3.63, 3.8) is 0 Å². The van der Waals surface area contributed by atoms with Crippen molar-refractivity contribution in [1.82, 2.24) is 10.2 Å². The molecule has 16 heteroatoms. The fraction of sp³-hybridized carbons (Fsp3) is 0.814. The van der Waals surface area contributed by atoms with E-state index >= 15 is 0 Å². The zero-order chi connectivity index (χ0) is 44.1. The molecule has 1 N–H and O–H groups in total. The second kappa shape index (κ2) is 31.2. The quantitative estimate of drug-likeness (QED) is 0.0357. The number of esters is 5. The van der Waals surface area contributed by atoms with Crippen LogP contribution in [-0.2, 0) is 61.9 Å². The first kappa shape index (κ1) is 53.3. The van der Waals surface area contributed by atoms with Crippen LogP contribution >= 0.6 is 0 Å². The summed E-state index contributed by atoms with van der Waals surface area (Å²) >= 11 is 0. The fourth-order valence-corrected chi connectivity index (χ4v) is 6.35. The average molecular weight is 843 g/mol. The van der Waals surface area contributed by atoms with Gasteiger partial charge in [0, 0.05) is 47.2 Å². The number of rotatable bonds is 30. The summed E-state index contributed by atoms with van der Waals surface area (Å²) in [5.41, 5.74) is -0.597. The summed E-state index contributed by atoms with van der Waals surface area (Å²) in [6, 6.07) is 0. The Morgan fingerprint density at radius 1 is 0.661 bits per heavy atom. The molecule has 5 atom stereocenters. The van der Waals surface area contributed by atoms with Gasteiger partial charge in [-0.2, -0.15) is 0 Å². The largest absolute Gasteiger partial charge is 0.463 e. The smallest absolute Gasteiger partial charge is 0.407 e. The number of hydrogen-bond donors (Lipinski definition) is 1. The topological polar surface area (TPSA) is 192 Å². The molecule has 0 aromatic carbocycles. The molecule has 1 aliphatic rings. The van der Waals surface area contributed by atoms with Gasteiger partial charge in [-0.3, -0.25) is 24.0 Å². The number of carbonyl (C=O) groups is 6. The van der Waals surface area contributed by atoms with E-state index in [0.29, 0.717) is 45.5 Å². The van der Waals surface area contributed by atoms with Crippen molar-refractivity contribution in [3.8, 4) is 0 Å². The molecule has 1 amide bonds. The maximum atomic E-state index is 12.2. The molecule has 0 radical (unpaired) electrons. The van der Waals surface area contributed by atoms with Crippen LogP contribution in [0.2, 0.25) is 0 Å². The van der Waals surface area contributed by atoms with Gasteiger partial charge in [-0.25, -0.2) is 4.79 Å². The zero-order valence-electron chi connectivity index (χ0n) is 37.1. The second-order valence-corrected chi connectivity index (χ2v) is 15.8. The lowest BCUT2D eigenvalue weighted by Crippen LogP contribution is -2.63. The summed E-state index contributed by atoms with van der Waals surface area (Å²) in [7, 11) is 0. The minimum absolute atomic E-state index is 0.151. The SMILES string of the molecule is CCCCCC/C=C\COC(=O)CCCCCCCCN(CCCNC(=O)OC(C)(C)C)CCCOC1OC(COC(C)=O)C(OC(C)=O)C(OC(C)=O)C1OC(C)=O. The molecular formula is C43H74N2O14. The molecule has 0 saturated carbocycles. The Labute approximate surface area is 352 Å². The van der Waals surface area contributed by atoms with Gasteiger partial charge in [-0.05, 0) is 72.4 Å². The monoisotopic (exact) mass is 843 g/mol. The van der Waals surface area contributed by atoms with Crippen LogP contribution in [-0.4, -0.2) is 123 Å². The molecule has 0 bridgehead atoms. The van der Waals surface area contributed by atoms with Crippen molar-refractivity contribution < 1.29 is 66.7 Å². The molecule has 1 rings (SSSR count). The van der Waals surface area contributed by atoms with Crippen molar-refractivity contribution in [2.24, 2.45) is 0 Å². The van der Waals surface area contributed by atoms with Crippen molar-refractivity contribution >= 4 is 35.9 Å². The first-order chi connectivity index (χ1) is 28.0. The van der Waals surface area contributed by atoms with Crippen LogP contribution in [0.5, 0.6) is 0 Å². The highest BCUT2D eigenvalue weighted by atomic mass is 16.7. The highest BCUT2D eigenvalue weighted by molar-refractivity contribution is 5.70. The van der Waals surface area contributed by atoms with E-state index < -0.39 is 66.3 Å². The fourth-order valence-electron chi connectivity index (χ4n) is 6.35. The Morgan fingerprint density at radius 3 is 1.90 bits per heavy atom. The number of nitrogens with one attached hydrogen (secondary N) is 1. The number of ether oxygens (including phenoxy) is 8. The van der Waals surface area contributed by atoms with Gasteiger partial charge in [0.2, 0.25) is 0 Å². The zero-order valence-corrected chi connectivity index (χ0v) is 37.1. The van der Waals surface area contributed by atoms with E-state index in [1.165, 1.54) is 39.5 Å². The summed E-state index contributed by atoms with van der Waals surface area (Å²) in [5.74, 6) is -2.90. The van der Waals surface area contributed by atoms with E-state index in [-0.39, 0.29) is 19.2 Å². The molecule has 0 aromatic heterocycles. The predicted octanol–water partition coefficient (Wildman–Crippen LogP) is 6.49. The molecule has 1 fully saturated rings. The van der Waals surface area contributed by atoms with Gasteiger partial charge in [-0.15, -0.1) is 0 Å². The normalized spacial score (nSPS) is 19.2. The standard InChI is InChI=1S/C43H74N2O14/c1-9-10-11-12-15-18-21-29-52-37(50)24-19-16-13-14-17-20-26-45(27-22-25-44-42(51)59-43(6,7)8)28-23-30-53-41-40(57-35(5)49)39(56-34(4)48)38(55-33(3)47)36(58-41)31-54-32(2)46/h18,21,36,38-41H,9-17,19-20,22-31H2,1-8H3,(H,44,51)/b21-18-. The summed E-state index contributed by atoms with van der Waals surface area (Å²) in [4.78, 5) is 74.5. The van der Waals surface area contributed by atoms with Crippen molar-refractivity contribution in [1.29, 1.82) is 0 Å². The third-order valence-corrected chi connectivity index (χ3v) is 9.01. The van der Waals surface area contributed by atoms with Crippen LogP contribution in [0.15, 0.2) is 12.2 Å². The maximum Gasteiger partial charge on any atom is 0.407 e. The van der Waals surface area contributed by atoms with Gasteiger partial charge in [0.05, 0.1) is 6.61 Å². The summed E-state index contributed by atoms with van der Waals surface area (Å²) in [6.45, 7) is 15.0. The molecular weight excluding hydrogens is 768 g/mol. The third-order valence-electron chi connectivity index (χ3n) is 9.01. The Morgan fingerprint density at radius 2 is 1.25 bits per heavy atom. The van der Waals surface area contributed by atoms with Gasteiger partial charge in [0.1, 0.15) is 24.9 Å². The van der Waals surface area contributed by atoms with Crippen molar-refractivity contribution in [2.45, 2.75) is 182 Å². The molecule has 59 heavy (non-hydrogen) atoms. The Hall–Kier alpha value is -3.76. The number of carbonyl (C=O) groups excluding carboxylic acids is 6. The second-order valence-electron chi connectivity index (χ2n) is 15.8. The van der Waals surface area contributed by atoms with Crippen LogP contribution in [0.4, 0.5) is 4.79 Å². The lowest BCUT2D eigenvalue weighted by molar-refractivity contribution is -0.308. The molecule has 1 saturated heterocycles. The number of nitrogens with zero attached hydrogens (tertiary/aromatic N) is 1. The van der Waals surface area contributed by atoms with Gasteiger partial charge >= 0.3 is 35.9 Å². The van der Waals surface area contributed by atoms with E-state index in [0.717, 1.165) is 65.3 Å². The predicted molar refractivity (Wildman–Crippen MR) is 219 cm³/mol. The summed E-state index contributed by atoms with van der Waals surface area (Å²) in [6.07, 6.45) is 10.7. The molecule has 340 valence electrons. The minimum atomic E-state index is -1.31. The maximum absolute atomic E-state index is 12.2. The van der Waals surface area contributed by atoms with E-state index in [9.17, 15) is 28.8 Å². The highest BCUT2D eigenvalue weighted by Crippen LogP contribution is 2.30. The number of alkyl carbamates (subject to hydrolysis) is 1. The molecule has 0 aromatic rings. The number of hydrogen-bond acceptors (Lipinski definition) is 15. The van der Waals surface area contributed by atoms with Crippen LogP contribution < -0.4 is 5.32 Å². The Balaban J connectivity index is 2.74. The Kier molecular flexibility index (Phi) is 28.1. The minimum Gasteiger partial charge on any atom is -0.463 e. The summed E-state index contributed by atoms with van der Waals surface area (Å²) < 4.78 is 44.4. The van der Waals surface area contributed by atoms with Gasteiger partial charge in [0.25, 0.3) is 0 Å². The van der Waals surface area contributed by atoms with E-state index in [2.05, 4.69) is 23.2 Å².